The quantitative estimate of drug-likeness (QED) is 0.873. The summed E-state index contributed by atoms with van der Waals surface area (Å²) in [6.45, 7) is 6.80. The molecule has 0 radical (unpaired) electrons. The molecule has 0 aliphatic rings. The fourth-order valence-electron chi connectivity index (χ4n) is 2.27. The van der Waals surface area contributed by atoms with E-state index in [1.807, 2.05) is 39.1 Å². The summed E-state index contributed by atoms with van der Waals surface area (Å²) in [6, 6.07) is 8.27. The Balaban J connectivity index is 2.12. The third kappa shape index (κ3) is 3.14. The molecular weight excluding hydrogens is 254 g/mol. The van der Waals surface area contributed by atoms with Gasteiger partial charge in [0.15, 0.2) is 5.82 Å². The Labute approximate surface area is 119 Å². The SMILES string of the molecule is CCOc1ccccc1[C@H](C)N[C@H](C)c1nnnn1C. The third-order valence-electron chi connectivity index (χ3n) is 3.23. The molecule has 6 heteroatoms. The molecule has 0 saturated carbocycles. The first-order valence-corrected chi connectivity index (χ1v) is 6.83. The zero-order valence-corrected chi connectivity index (χ0v) is 12.4. The van der Waals surface area contributed by atoms with E-state index in [0.717, 1.165) is 17.1 Å². The molecule has 1 aromatic heterocycles. The summed E-state index contributed by atoms with van der Waals surface area (Å²) in [6.07, 6.45) is 0. The normalized spacial score (nSPS) is 14.0. The molecule has 0 amide bonds. The number of ether oxygens (including phenoxy) is 1. The highest BCUT2D eigenvalue weighted by Crippen LogP contribution is 2.26. The minimum absolute atomic E-state index is 0.0553. The number of aryl methyl sites for hydroxylation is 1. The van der Waals surface area contributed by atoms with Gasteiger partial charge in [-0.25, -0.2) is 4.68 Å². The topological polar surface area (TPSA) is 64.9 Å². The fraction of sp³-hybridized carbons (Fsp3) is 0.500. The summed E-state index contributed by atoms with van der Waals surface area (Å²) < 4.78 is 7.35. The number of aromatic nitrogens is 4. The van der Waals surface area contributed by atoms with Gasteiger partial charge in [-0.1, -0.05) is 18.2 Å². The van der Waals surface area contributed by atoms with Crippen molar-refractivity contribution in [2.24, 2.45) is 7.05 Å². The van der Waals surface area contributed by atoms with Crippen molar-refractivity contribution in [3.05, 3.63) is 35.7 Å². The number of rotatable bonds is 6. The lowest BCUT2D eigenvalue weighted by Crippen LogP contribution is -2.25. The number of nitrogens with zero attached hydrogens (tertiary/aromatic N) is 4. The molecule has 0 aliphatic heterocycles. The zero-order chi connectivity index (χ0) is 14.5. The van der Waals surface area contributed by atoms with Gasteiger partial charge in [-0.05, 0) is 37.3 Å². The highest BCUT2D eigenvalue weighted by atomic mass is 16.5. The second kappa shape index (κ2) is 6.47. The molecule has 0 aliphatic carbocycles. The number of nitrogens with one attached hydrogen (secondary N) is 1. The Morgan fingerprint density at radius 2 is 2.00 bits per heavy atom. The Kier molecular flexibility index (Phi) is 4.68. The third-order valence-corrected chi connectivity index (χ3v) is 3.23. The van der Waals surface area contributed by atoms with Crippen LogP contribution < -0.4 is 10.1 Å². The molecule has 20 heavy (non-hydrogen) atoms. The van der Waals surface area contributed by atoms with Crippen molar-refractivity contribution in [2.75, 3.05) is 6.61 Å². The van der Waals surface area contributed by atoms with Gasteiger partial charge in [0.1, 0.15) is 5.75 Å². The van der Waals surface area contributed by atoms with Gasteiger partial charge in [0.2, 0.25) is 0 Å². The van der Waals surface area contributed by atoms with Gasteiger partial charge in [0.25, 0.3) is 0 Å². The molecule has 0 spiro atoms. The maximum atomic E-state index is 5.67. The predicted molar refractivity (Wildman–Crippen MR) is 76.4 cm³/mol. The second-order valence-corrected chi connectivity index (χ2v) is 4.74. The fourth-order valence-corrected chi connectivity index (χ4v) is 2.27. The zero-order valence-electron chi connectivity index (χ0n) is 12.4. The lowest BCUT2D eigenvalue weighted by molar-refractivity contribution is 0.330. The van der Waals surface area contributed by atoms with Gasteiger partial charge < -0.3 is 10.1 Å². The maximum absolute atomic E-state index is 5.67. The summed E-state index contributed by atoms with van der Waals surface area (Å²) in [5.41, 5.74) is 1.14. The van der Waals surface area contributed by atoms with Crippen LogP contribution in [-0.4, -0.2) is 26.8 Å². The smallest absolute Gasteiger partial charge is 0.167 e. The minimum atomic E-state index is 0.0553. The van der Waals surface area contributed by atoms with Crippen molar-refractivity contribution in [3.63, 3.8) is 0 Å². The van der Waals surface area contributed by atoms with E-state index in [9.17, 15) is 0 Å². The monoisotopic (exact) mass is 275 g/mol. The minimum Gasteiger partial charge on any atom is -0.494 e. The average molecular weight is 275 g/mol. The van der Waals surface area contributed by atoms with Crippen LogP contribution in [-0.2, 0) is 7.05 Å². The molecule has 0 fully saturated rings. The van der Waals surface area contributed by atoms with Crippen LogP contribution in [0.3, 0.4) is 0 Å². The van der Waals surface area contributed by atoms with Crippen LogP contribution >= 0.6 is 0 Å². The molecule has 108 valence electrons. The van der Waals surface area contributed by atoms with E-state index in [4.69, 9.17) is 4.74 Å². The van der Waals surface area contributed by atoms with Crippen molar-refractivity contribution in [3.8, 4) is 5.75 Å². The second-order valence-electron chi connectivity index (χ2n) is 4.74. The molecule has 2 rings (SSSR count). The lowest BCUT2D eigenvalue weighted by Gasteiger charge is -2.21. The molecule has 0 bridgehead atoms. The van der Waals surface area contributed by atoms with E-state index >= 15 is 0 Å². The molecule has 1 aromatic carbocycles. The molecule has 1 heterocycles. The molecule has 1 N–H and O–H groups in total. The van der Waals surface area contributed by atoms with E-state index in [1.54, 1.807) is 4.68 Å². The number of hydrogen-bond donors (Lipinski definition) is 1. The first-order valence-electron chi connectivity index (χ1n) is 6.83. The summed E-state index contributed by atoms with van der Waals surface area (Å²) in [5, 5.41) is 15.0. The van der Waals surface area contributed by atoms with Gasteiger partial charge in [-0.3, -0.25) is 0 Å². The Hall–Kier alpha value is -1.95. The Bertz CT molecular complexity index is 554. The molecule has 2 aromatic rings. The highest BCUT2D eigenvalue weighted by Gasteiger charge is 2.17. The molecule has 6 nitrogen and oxygen atoms in total. The van der Waals surface area contributed by atoms with Crippen LogP contribution in [0.2, 0.25) is 0 Å². The number of para-hydroxylation sites is 1. The maximum Gasteiger partial charge on any atom is 0.167 e. The van der Waals surface area contributed by atoms with Crippen LogP contribution in [0.1, 0.15) is 44.2 Å². The summed E-state index contributed by atoms with van der Waals surface area (Å²) >= 11 is 0. The van der Waals surface area contributed by atoms with E-state index in [-0.39, 0.29) is 12.1 Å². The van der Waals surface area contributed by atoms with Gasteiger partial charge >= 0.3 is 0 Å². The van der Waals surface area contributed by atoms with Crippen molar-refractivity contribution in [2.45, 2.75) is 32.9 Å². The van der Waals surface area contributed by atoms with Crippen molar-refractivity contribution in [1.29, 1.82) is 0 Å². The van der Waals surface area contributed by atoms with Crippen LogP contribution in [0.5, 0.6) is 5.75 Å². The van der Waals surface area contributed by atoms with Crippen LogP contribution in [0, 0.1) is 0 Å². The number of hydrogen-bond acceptors (Lipinski definition) is 5. The van der Waals surface area contributed by atoms with E-state index in [0.29, 0.717) is 6.61 Å². The van der Waals surface area contributed by atoms with Gasteiger partial charge in [-0.15, -0.1) is 5.10 Å². The standard InChI is InChI=1S/C14H21N5O/c1-5-20-13-9-7-6-8-12(13)10(2)15-11(3)14-16-17-18-19(14)4/h6-11,15H,5H2,1-4H3/t10-,11+/m0/s1. The largest absolute Gasteiger partial charge is 0.494 e. The van der Waals surface area contributed by atoms with E-state index in [2.05, 4.69) is 33.8 Å². The average Bonchev–Trinajstić information content (AvgIpc) is 2.86. The highest BCUT2D eigenvalue weighted by molar-refractivity contribution is 5.35. The van der Waals surface area contributed by atoms with E-state index < -0.39 is 0 Å². The van der Waals surface area contributed by atoms with Crippen molar-refractivity contribution < 1.29 is 4.74 Å². The van der Waals surface area contributed by atoms with Gasteiger partial charge in [0.05, 0.1) is 12.6 Å². The van der Waals surface area contributed by atoms with E-state index in [1.165, 1.54) is 0 Å². The lowest BCUT2D eigenvalue weighted by atomic mass is 10.1. The van der Waals surface area contributed by atoms with Crippen molar-refractivity contribution in [1.82, 2.24) is 25.5 Å². The van der Waals surface area contributed by atoms with Gasteiger partial charge in [0, 0.05) is 18.7 Å². The Morgan fingerprint density at radius 1 is 1.25 bits per heavy atom. The molecular formula is C14H21N5O. The van der Waals surface area contributed by atoms with Gasteiger partial charge in [-0.2, -0.15) is 0 Å². The number of benzene rings is 1. The molecule has 0 unspecified atom stereocenters. The van der Waals surface area contributed by atoms with Crippen molar-refractivity contribution >= 4 is 0 Å². The van der Waals surface area contributed by atoms with Crippen LogP contribution in [0.15, 0.2) is 24.3 Å². The first kappa shape index (κ1) is 14.5. The van der Waals surface area contributed by atoms with Crippen LogP contribution in [0.4, 0.5) is 0 Å². The van der Waals surface area contributed by atoms with Crippen LogP contribution in [0.25, 0.3) is 0 Å². The molecule has 0 saturated heterocycles. The number of tetrazole rings is 1. The summed E-state index contributed by atoms with van der Waals surface area (Å²) in [7, 11) is 1.84. The first-order chi connectivity index (χ1) is 9.63. The molecule has 2 atom stereocenters. The Morgan fingerprint density at radius 3 is 2.65 bits per heavy atom. The summed E-state index contributed by atoms with van der Waals surface area (Å²) in [4.78, 5) is 0. The predicted octanol–water partition coefficient (Wildman–Crippen LogP) is 2.02. The summed E-state index contributed by atoms with van der Waals surface area (Å²) in [5.74, 6) is 1.73.